The van der Waals surface area contributed by atoms with E-state index in [9.17, 15) is 9.90 Å². The Hall–Kier alpha value is -2.49. The van der Waals surface area contributed by atoms with Crippen LogP contribution in [0.1, 0.15) is 12.5 Å². The molecule has 96 valence electrons. The molecule has 0 spiro atoms. The van der Waals surface area contributed by atoms with Crippen molar-refractivity contribution >= 4 is 11.0 Å². The van der Waals surface area contributed by atoms with Gasteiger partial charge in [-0.2, -0.15) is 0 Å². The topological polar surface area (TPSA) is 63.6 Å². The van der Waals surface area contributed by atoms with Crippen molar-refractivity contribution in [3.63, 3.8) is 0 Å². The lowest BCUT2D eigenvalue weighted by Crippen LogP contribution is -2.03. The van der Waals surface area contributed by atoms with Gasteiger partial charge < -0.3 is 13.9 Å². The summed E-state index contributed by atoms with van der Waals surface area (Å²) in [6.07, 6.45) is 2.27. The molecular formula is C15H12O4. The van der Waals surface area contributed by atoms with E-state index in [1.807, 2.05) is 13.0 Å². The first kappa shape index (κ1) is 11.6. The van der Waals surface area contributed by atoms with Crippen molar-refractivity contribution in [2.75, 3.05) is 0 Å². The van der Waals surface area contributed by atoms with Crippen LogP contribution < -0.4 is 5.43 Å². The Labute approximate surface area is 108 Å². The van der Waals surface area contributed by atoms with Crippen molar-refractivity contribution in [3.8, 4) is 17.3 Å². The maximum Gasteiger partial charge on any atom is 0.235 e. The number of hydrogen-bond donors (Lipinski definition) is 1. The second kappa shape index (κ2) is 4.31. The summed E-state index contributed by atoms with van der Waals surface area (Å²) in [5.74, 6) is -0.0291. The zero-order chi connectivity index (χ0) is 13.4. The van der Waals surface area contributed by atoms with Gasteiger partial charge in [0.2, 0.25) is 16.9 Å². The minimum atomic E-state index is -0.442. The van der Waals surface area contributed by atoms with Crippen LogP contribution in [0.4, 0.5) is 0 Å². The first-order valence-electron chi connectivity index (χ1n) is 6.03. The van der Waals surface area contributed by atoms with Crippen molar-refractivity contribution in [1.82, 2.24) is 0 Å². The number of fused-ring (bicyclic) bond motifs is 1. The zero-order valence-electron chi connectivity index (χ0n) is 10.3. The second-order valence-electron chi connectivity index (χ2n) is 4.27. The molecule has 4 nitrogen and oxygen atoms in total. The van der Waals surface area contributed by atoms with Crippen LogP contribution in [0, 0.1) is 0 Å². The number of rotatable bonds is 2. The summed E-state index contributed by atoms with van der Waals surface area (Å²) in [6.45, 7) is 2.00. The van der Waals surface area contributed by atoms with E-state index < -0.39 is 11.2 Å². The Bertz CT molecular complexity index is 782. The van der Waals surface area contributed by atoms with E-state index in [4.69, 9.17) is 8.83 Å². The van der Waals surface area contributed by atoms with E-state index in [1.54, 1.807) is 24.3 Å². The lowest BCUT2D eigenvalue weighted by Gasteiger charge is -2.04. The van der Waals surface area contributed by atoms with Gasteiger partial charge in [-0.05, 0) is 36.2 Å². The second-order valence-corrected chi connectivity index (χ2v) is 4.27. The van der Waals surface area contributed by atoms with E-state index in [1.165, 1.54) is 6.26 Å². The molecule has 0 bridgehead atoms. The minimum absolute atomic E-state index is 0.0618. The molecule has 1 aromatic carbocycles. The predicted molar refractivity (Wildman–Crippen MR) is 71.2 cm³/mol. The molecule has 0 saturated carbocycles. The Morgan fingerprint density at radius 2 is 2.11 bits per heavy atom. The van der Waals surface area contributed by atoms with Gasteiger partial charge in [-0.15, -0.1) is 0 Å². The van der Waals surface area contributed by atoms with Crippen molar-refractivity contribution in [1.29, 1.82) is 0 Å². The molecule has 0 saturated heterocycles. The molecule has 3 rings (SSSR count). The Morgan fingerprint density at radius 1 is 1.26 bits per heavy atom. The van der Waals surface area contributed by atoms with Crippen LogP contribution in [0.5, 0.6) is 5.75 Å². The van der Waals surface area contributed by atoms with E-state index in [-0.39, 0.29) is 5.76 Å². The molecule has 1 N–H and O–H groups in total. The molecule has 3 aromatic rings. The summed E-state index contributed by atoms with van der Waals surface area (Å²) >= 11 is 0. The van der Waals surface area contributed by atoms with Crippen molar-refractivity contribution < 1.29 is 13.9 Å². The van der Waals surface area contributed by atoms with Gasteiger partial charge in [-0.3, -0.25) is 4.79 Å². The molecule has 0 radical (unpaired) electrons. The fourth-order valence-corrected chi connectivity index (χ4v) is 2.03. The van der Waals surface area contributed by atoms with E-state index >= 15 is 0 Å². The highest BCUT2D eigenvalue weighted by molar-refractivity contribution is 5.81. The lowest BCUT2D eigenvalue weighted by molar-refractivity contribution is 0.439. The van der Waals surface area contributed by atoms with E-state index in [0.717, 1.165) is 12.0 Å². The van der Waals surface area contributed by atoms with Gasteiger partial charge in [0.1, 0.15) is 5.58 Å². The van der Waals surface area contributed by atoms with Gasteiger partial charge in [0.05, 0.1) is 11.6 Å². The maximum atomic E-state index is 12.2. The number of aryl methyl sites for hydroxylation is 1. The van der Waals surface area contributed by atoms with Crippen LogP contribution >= 0.6 is 0 Å². The molecule has 0 fully saturated rings. The highest BCUT2D eigenvalue weighted by atomic mass is 16.4. The monoisotopic (exact) mass is 256 g/mol. The van der Waals surface area contributed by atoms with Gasteiger partial charge in [0.15, 0.2) is 5.76 Å². The van der Waals surface area contributed by atoms with Crippen LogP contribution in [0.15, 0.2) is 50.2 Å². The van der Waals surface area contributed by atoms with Gasteiger partial charge in [-0.25, -0.2) is 0 Å². The number of benzene rings is 1. The largest absolute Gasteiger partial charge is 0.501 e. The first-order chi connectivity index (χ1) is 9.20. The minimum Gasteiger partial charge on any atom is -0.501 e. The summed E-state index contributed by atoms with van der Waals surface area (Å²) in [7, 11) is 0. The van der Waals surface area contributed by atoms with Gasteiger partial charge in [0, 0.05) is 0 Å². The van der Waals surface area contributed by atoms with E-state index in [0.29, 0.717) is 16.7 Å². The third kappa shape index (κ3) is 1.81. The summed E-state index contributed by atoms with van der Waals surface area (Å²) in [5, 5.41) is 10.3. The van der Waals surface area contributed by atoms with Crippen LogP contribution in [-0.2, 0) is 6.42 Å². The van der Waals surface area contributed by atoms with Crippen LogP contribution in [-0.4, -0.2) is 5.11 Å². The molecule has 0 unspecified atom stereocenters. The van der Waals surface area contributed by atoms with Crippen molar-refractivity contribution in [2.24, 2.45) is 0 Å². The molecule has 0 aliphatic carbocycles. The Kier molecular flexibility index (Phi) is 2.63. The predicted octanol–water partition coefficient (Wildman–Crippen LogP) is 3.32. The fourth-order valence-electron chi connectivity index (χ4n) is 2.03. The first-order valence-corrected chi connectivity index (χ1v) is 6.03. The quantitative estimate of drug-likeness (QED) is 0.763. The average Bonchev–Trinajstić information content (AvgIpc) is 2.96. The van der Waals surface area contributed by atoms with Crippen molar-refractivity contribution in [3.05, 3.63) is 52.4 Å². The third-order valence-electron chi connectivity index (χ3n) is 3.08. The zero-order valence-corrected chi connectivity index (χ0v) is 10.3. The normalized spacial score (nSPS) is 11.0. The van der Waals surface area contributed by atoms with E-state index in [2.05, 4.69) is 0 Å². The molecular weight excluding hydrogens is 244 g/mol. The van der Waals surface area contributed by atoms with Crippen LogP contribution in [0.3, 0.4) is 0 Å². The standard InChI is InChI=1S/C15H12O4/c1-2-9-5-6-11-10(8-9)13(16)14(17)15(19-11)12-4-3-7-18-12/h3-8,17H,2H2,1H3. The summed E-state index contributed by atoms with van der Waals surface area (Å²) < 4.78 is 10.7. The number of furan rings is 1. The molecule has 2 heterocycles. The molecule has 0 amide bonds. The fraction of sp³-hybridized carbons (Fsp3) is 0.133. The van der Waals surface area contributed by atoms with Crippen LogP contribution in [0.2, 0.25) is 0 Å². The summed E-state index contributed by atoms with van der Waals surface area (Å²) in [5.41, 5.74) is 1.01. The molecule has 19 heavy (non-hydrogen) atoms. The average molecular weight is 256 g/mol. The molecule has 0 aliphatic rings. The summed E-state index contributed by atoms with van der Waals surface area (Å²) in [6, 6.07) is 8.67. The van der Waals surface area contributed by atoms with Gasteiger partial charge >= 0.3 is 0 Å². The maximum absolute atomic E-state index is 12.2. The number of hydrogen-bond acceptors (Lipinski definition) is 4. The SMILES string of the molecule is CCc1ccc2oc(-c3ccco3)c(O)c(=O)c2c1. The van der Waals surface area contributed by atoms with Crippen molar-refractivity contribution in [2.45, 2.75) is 13.3 Å². The molecule has 0 aliphatic heterocycles. The Morgan fingerprint density at radius 3 is 2.79 bits per heavy atom. The highest BCUT2D eigenvalue weighted by Crippen LogP contribution is 2.30. The van der Waals surface area contributed by atoms with Gasteiger partial charge in [-0.1, -0.05) is 13.0 Å². The van der Waals surface area contributed by atoms with Gasteiger partial charge in [0.25, 0.3) is 0 Å². The molecule has 4 heteroatoms. The van der Waals surface area contributed by atoms with Crippen LogP contribution in [0.25, 0.3) is 22.5 Å². The number of aromatic hydroxyl groups is 1. The smallest absolute Gasteiger partial charge is 0.235 e. The lowest BCUT2D eigenvalue weighted by atomic mass is 10.1. The third-order valence-corrected chi connectivity index (χ3v) is 3.08. The Balaban J connectivity index is 2.34. The molecule has 2 aromatic heterocycles. The molecule has 0 atom stereocenters. The summed E-state index contributed by atoms with van der Waals surface area (Å²) in [4.78, 5) is 12.2. The highest BCUT2D eigenvalue weighted by Gasteiger charge is 2.17.